The number of aromatic carboxylic acids is 4. The molecule has 0 atom stereocenters. The third kappa shape index (κ3) is 12.8. The molecule has 244 valence electrons. The summed E-state index contributed by atoms with van der Waals surface area (Å²) >= 11 is 0. The number of nitro benzene ring substituents is 1. The molecule has 0 aromatic heterocycles. The molecule has 0 aliphatic heterocycles. The topological polar surface area (TPSA) is 253 Å². The van der Waals surface area contributed by atoms with Gasteiger partial charge in [0.15, 0.2) is 0 Å². The molecule has 0 fully saturated rings. The minimum Gasteiger partial charge on any atom is -0.508 e. The van der Waals surface area contributed by atoms with Crippen molar-refractivity contribution in [3.05, 3.63) is 128 Å². The zero-order chi connectivity index (χ0) is 34.4. The molecule has 0 saturated carbocycles. The highest BCUT2D eigenvalue weighted by Gasteiger charge is 2.21. The van der Waals surface area contributed by atoms with Crippen LogP contribution in [-0.4, -0.2) is 64.5 Å². The summed E-state index contributed by atoms with van der Waals surface area (Å²) in [5.41, 5.74) is 1.63. The number of benzene rings is 4. The number of phenolic OH excluding ortho intramolecular Hbond substituents is 2. The van der Waals surface area contributed by atoms with Crippen LogP contribution in [0.3, 0.4) is 0 Å². The average molecular weight is 640 g/mol. The Morgan fingerprint density at radius 3 is 1.52 bits per heavy atom. The Hall–Kier alpha value is -6.44. The third-order valence-corrected chi connectivity index (χ3v) is 5.50. The second kappa shape index (κ2) is 18.3. The molecule has 0 radical (unpaired) electrons. The number of carbonyl (C=O) groups is 4. The average Bonchev–Trinajstić information content (AvgIpc) is 2.96. The van der Waals surface area contributed by atoms with Gasteiger partial charge < -0.3 is 35.7 Å². The molecule has 0 spiro atoms. The number of aryl methyl sites for hydroxylation is 3. The van der Waals surface area contributed by atoms with E-state index in [1.807, 2.05) is 6.92 Å². The molecule has 46 heavy (non-hydrogen) atoms. The molecule has 0 heterocycles. The van der Waals surface area contributed by atoms with E-state index in [0.29, 0.717) is 16.7 Å². The lowest BCUT2D eigenvalue weighted by molar-refractivity contribution is -0.385. The number of carboxylic acid groups (broad SMARTS) is 4. The molecule has 0 unspecified atom stereocenters. The molecule has 0 bridgehead atoms. The number of phenols is 3. The fourth-order valence-electron chi connectivity index (χ4n) is 3.19. The van der Waals surface area contributed by atoms with Gasteiger partial charge in [0.1, 0.15) is 17.1 Å². The molecule has 14 nitrogen and oxygen atoms in total. The molecule has 4 aromatic rings. The van der Waals surface area contributed by atoms with Crippen molar-refractivity contribution in [2.24, 2.45) is 0 Å². The summed E-state index contributed by atoms with van der Waals surface area (Å²) in [4.78, 5) is 51.1. The van der Waals surface area contributed by atoms with Gasteiger partial charge in [0.25, 0.3) is 0 Å². The number of hydrogen-bond donors (Lipinski definition) is 7. The van der Waals surface area contributed by atoms with E-state index in [-0.39, 0.29) is 30.1 Å². The molecule has 0 aliphatic carbocycles. The first-order valence-corrected chi connectivity index (χ1v) is 12.5. The van der Waals surface area contributed by atoms with Crippen molar-refractivity contribution in [3.63, 3.8) is 0 Å². The first kappa shape index (κ1) is 39.6. The second-order valence-electron chi connectivity index (χ2n) is 9.08. The van der Waals surface area contributed by atoms with Crippen LogP contribution in [0, 0.1) is 30.9 Å². The number of carboxylic acids is 4. The smallest absolute Gasteiger partial charge is 0.339 e. The summed E-state index contributed by atoms with van der Waals surface area (Å²) in [7, 11) is 0. The normalized spacial score (nSPS) is 9.28. The van der Waals surface area contributed by atoms with Crippen molar-refractivity contribution in [1.29, 1.82) is 0 Å². The number of aromatic hydroxyl groups is 3. The predicted molar refractivity (Wildman–Crippen MR) is 166 cm³/mol. The van der Waals surface area contributed by atoms with E-state index in [1.54, 1.807) is 31.2 Å². The number of nitro groups is 1. The number of rotatable bonds is 5. The van der Waals surface area contributed by atoms with E-state index in [2.05, 4.69) is 0 Å². The van der Waals surface area contributed by atoms with Crippen molar-refractivity contribution in [1.82, 2.24) is 0 Å². The Morgan fingerprint density at radius 2 is 1.11 bits per heavy atom. The largest absolute Gasteiger partial charge is 0.508 e. The van der Waals surface area contributed by atoms with Gasteiger partial charge in [0.05, 0.1) is 21.6 Å². The van der Waals surface area contributed by atoms with Gasteiger partial charge in [-0.25, -0.2) is 19.2 Å². The van der Waals surface area contributed by atoms with Crippen LogP contribution in [0.15, 0.2) is 78.9 Å². The highest BCUT2D eigenvalue weighted by atomic mass is 16.6. The van der Waals surface area contributed by atoms with Gasteiger partial charge in [-0.2, -0.15) is 0 Å². The van der Waals surface area contributed by atoms with Gasteiger partial charge in [0, 0.05) is 6.07 Å². The number of nitrogens with zero attached hydrogens (tertiary/aromatic N) is 1. The lowest BCUT2D eigenvalue weighted by atomic mass is 10.1. The Bertz CT molecular complexity index is 1660. The maximum atomic E-state index is 10.6. The molecule has 0 aliphatic rings. The van der Waals surface area contributed by atoms with Crippen LogP contribution >= 0.6 is 0 Å². The minimum atomic E-state index is -1.39. The van der Waals surface area contributed by atoms with Gasteiger partial charge in [0.2, 0.25) is 5.75 Å². The Labute approximate surface area is 262 Å². The van der Waals surface area contributed by atoms with E-state index < -0.39 is 45.8 Å². The highest BCUT2D eigenvalue weighted by molar-refractivity contribution is 5.92. The van der Waals surface area contributed by atoms with Crippen LogP contribution in [0.1, 0.15) is 65.5 Å². The van der Waals surface area contributed by atoms with Crippen molar-refractivity contribution < 1.29 is 59.8 Å². The van der Waals surface area contributed by atoms with Gasteiger partial charge in [-0.05, 0) is 86.5 Å². The van der Waals surface area contributed by atoms with Crippen molar-refractivity contribution >= 4 is 29.6 Å². The Kier molecular flexibility index (Phi) is 15.7. The fourth-order valence-corrected chi connectivity index (χ4v) is 3.19. The first-order valence-electron chi connectivity index (χ1n) is 12.5. The van der Waals surface area contributed by atoms with Crippen LogP contribution in [0.2, 0.25) is 0 Å². The van der Waals surface area contributed by atoms with Crippen LogP contribution < -0.4 is 0 Å². The summed E-state index contributed by atoms with van der Waals surface area (Å²) in [6, 6.07) is 18.7. The summed E-state index contributed by atoms with van der Waals surface area (Å²) in [6.45, 7) is 5.09. The van der Waals surface area contributed by atoms with Gasteiger partial charge in [-0.15, -0.1) is 0 Å². The first-order chi connectivity index (χ1) is 20.9. The van der Waals surface area contributed by atoms with Crippen LogP contribution in [0.25, 0.3) is 0 Å². The summed E-state index contributed by atoms with van der Waals surface area (Å²) in [5, 5.41) is 71.5. The third-order valence-electron chi connectivity index (χ3n) is 5.50. The molecular formula is C32H33NO13. The van der Waals surface area contributed by atoms with Crippen molar-refractivity contribution in [2.75, 3.05) is 0 Å². The van der Waals surface area contributed by atoms with Crippen LogP contribution in [0.4, 0.5) is 5.69 Å². The summed E-state index contributed by atoms with van der Waals surface area (Å²) in [6.07, 6.45) is 0. The minimum absolute atomic E-state index is 0. The zero-order valence-corrected chi connectivity index (χ0v) is 24.0. The molecule has 14 heteroatoms. The molecule has 4 aromatic carbocycles. The molecule has 7 N–H and O–H groups in total. The SMILES string of the molecule is C.Cc1cc(C(=O)O)c(O)c([N+](=O)[O-])c1.Cc1cc(C(=O)O)ccc1O.Cc1ccc(C(=O)O)cc1.O=C(O)c1cccc(O)c1. The fraction of sp³-hybridized carbons (Fsp3) is 0.125. The van der Waals surface area contributed by atoms with E-state index in [9.17, 15) is 34.4 Å². The summed E-state index contributed by atoms with van der Waals surface area (Å²) in [5.74, 6) is -5.00. The lowest BCUT2D eigenvalue weighted by Crippen LogP contribution is -2.00. The highest BCUT2D eigenvalue weighted by Crippen LogP contribution is 2.30. The quantitative estimate of drug-likeness (QED) is 0.0960. The van der Waals surface area contributed by atoms with Crippen molar-refractivity contribution in [2.45, 2.75) is 28.2 Å². The molecule has 0 amide bonds. The summed E-state index contributed by atoms with van der Waals surface area (Å²) < 4.78 is 0. The molecule has 0 saturated heterocycles. The van der Waals surface area contributed by atoms with E-state index in [4.69, 9.17) is 30.6 Å². The monoisotopic (exact) mass is 639 g/mol. The number of hydrogen-bond acceptors (Lipinski definition) is 9. The van der Waals surface area contributed by atoms with Gasteiger partial charge in [-0.1, -0.05) is 31.2 Å². The zero-order valence-electron chi connectivity index (χ0n) is 24.0. The second-order valence-corrected chi connectivity index (χ2v) is 9.08. The Balaban J connectivity index is 0.000000588. The van der Waals surface area contributed by atoms with Crippen LogP contribution in [0.5, 0.6) is 17.2 Å². The van der Waals surface area contributed by atoms with Crippen LogP contribution in [-0.2, 0) is 0 Å². The van der Waals surface area contributed by atoms with E-state index in [1.165, 1.54) is 55.5 Å². The van der Waals surface area contributed by atoms with Gasteiger partial charge >= 0.3 is 29.6 Å². The maximum Gasteiger partial charge on any atom is 0.339 e. The maximum absolute atomic E-state index is 10.6. The van der Waals surface area contributed by atoms with Crippen molar-refractivity contribution in [3.8, 4) is 17.2 Å². The predicted octanol–water partition coefficient (Wildman–Crippen LogP) is 6.13. The Morgan fingerprint density at radius 1 is 0.609 bits per heavy atom. The molecular weight excluding hydrogens is 606 g/mol. The standard InChI is InChI=1S/C8H7NO5.C8H8O3.C8H8O2.C7H6O3.CH4/c1-4-2-5(8(11)12)7(10)6(3-4)9(13)14;1-5-4-6(8(10)11)2-3-7(5)9;1-6-2-4-7(5-3-6)8(9)10;8-6-3-1-2-5(4-6)7(9)10;/h2-3,10H,1H3,(H,11,12);2-4,9H,1H3,(H,10,11);2-5H,1H3,(H,9,10);1-4,8H,(H,9,10);1H4. The van der Waals surface area contributed by atoms with Gasteiger partial charge in [-0.3, -0.25) is 10.1 Å². The lowest BCUT2D eigenvalue weighted by Gasteiger charge is -2.01. The van der Waals surface area contributed by atoms with E-state index >= 15 is 0 Å². The van der Waals surface area contributed by atoms with E-state index in [0.717, 1.165) is 11.6 Å². The molecule has 4 rings (SSSR count).